The van der Waals surface area contributed by atoms with E-state index in [0.29, 0.717) is 22.2 Å². The summed E-state index contributed by atoms with van der Waals surface area (Å²) in [7, 11) is 0. The Morgan fingerprint density at radius 3 is 3.07 bits per heavy atom. The van der Waals surface area contributed by atoms with Gasteiger partial charge in [0.2, 0.25) is 0 Å². The van der Waals surface area contributed by atoms with E-state index >= 15 is 0 Å². The summed E-state index contributed by atoms with van der Waals surface area (Å²) in [5.74, 6) is -0.936. The molecule has 2 N–H and O–H groups in total. The molecule has 0 aliphatic carbocycles. The van der Waals surface area contributed by atoms with Crippen LogP contribution in [0.1, 0.15) is 11.1 Å². The minimum atomic E-state index is -0.936. The Kier molecular flexibility index (Phi) is 2.10. The third-order valence-electron chi connectivity index (χ3n) is 2.07. The minimum Gasteiger partial charge on any atom is -0.481 e. The Morgan fingerprint density at radius 1 is 1.60 bits per heavy atom. The van der Waals surface area contributed by atoms with E-state index in [9.17, 15) is 4.79 Å². The molecule has 15 heavy (non-hydrogen) atoms. The van der Waals surface area contributed by atoms with Crippen LogP contribution in [0.4, 0.5) is 0 Å². The molecule has 0 aliphatic rings. The molecule has 0 fully saturated rings. The number of rotatable bonds is 2. The fourth-order valence-electron chi connectivity index (χ4n) is 1.49. The van der Waals surface area contributed by atoms with Gasteiger partial charge in [0.05, 0.1) is 35.4 Å². The number of nitrogens with zero attached hydrogens (tertiary/aromatic N) is 2. The largest absolute Gasteiger partial charge is 0.481 e. The van der Waals surface area contributed by atoms with E-state index in [1.807, 2.05) is 6.07 Å². The third-order valence-corrected chi connectivity index (χ3v) is 2.07. The Morgan fingerprint density at radius 2 is 2.40 bits per heavy atom. The molecule has 1 aromatic heterocycles. The van der Waals surface area contributed by atoms with Gasteiger partial charge in [-0.1, -0.05) is 0 Å². The van der Waals surface area contributed by atoms with Crippen LogP contribution in [-0.4, -0.2) is 21.0 Å². The SMILES string of the molecule is N#Cc1cc(CC(=O)O)c2nc[nH]c2c1. The van der Waals surface area contributed by atoms with Crippen LogP contribution in [0.5, 0.6) is 0 Å². The molecule has 5 nitrogen and oxygen atoms in total. The first-order valence-corrected chi connectivity index (χ1v) is 4.28. The number of hydrogen-bond acceptors (Lipinski definition) is 3. The van der Waals surface area contributed by atoms with Crippen LogP contribution >= 0.6 is 0 Å². The number of carbonyl (C=O) groups is 1. The Hall–Kier alpha value is -2.35. The molecule has 0 atom stereocenters. The van der Waals surface area contributed by atoms with Crippen LogP contribution in [0, 0.1) is 11.3 Å². The lowest BCUT2D eigenvalue weighted by atomic mass is 10.1. The van der Waals surface area contributed by atoms with Crippen LogP contribution in [0.25, 0.3) is 11.0 Å². The van der Waals surface area contributed by atoms with E-state index in [1.165, 1.54) is 6.33 Å². The maximum absolute atomic E-state index is 10.6. The summed E-state index contributed by atoms with van der Waals surface area (Å²) >= 11 is 0. The number of imidazole rings is 1. The average Bonchev–Trinajstić information content (AvgIpc) is 2.64. The molecule has 5 heteroatoms. The van der Waals surface area contributed by atoms with Gasteiger partial charge in [-0.05, 0) is 17.7 Å². The highest BCUT2D eigenvalue weighted by molar-refractivity contribution is 5.84. The number of carboxylic acid groups (broad SMARTS) is 1. The monoisotopic (exact) mass is 201 g/mol. The van der Waals surface area contributed by atoms with Gasteiger partial charge in [0, 0.05) is 0 Å². The molecular formula is C10H7N3O2. The number of hydrogen-bond donors (Lipinski definition) is 2. The summed E-state index contributed by atoms with van der Waals surface area (Å²) in [6.07, 6.45) is 1.36. The zero-order valence-corrected chi connectivity index (χ0v) is 7.69. The number of benzene rings is 1. The second-order valence-corrected chi connectivity index (χ2v) is 3.12. The summed E-state index contributed by atoms with van der Waals surface area (Å²) in [6.45, 7) is 0. The topological polar surface area (TPSA) is 89.8 Å². The molecule has 1 heterocycles. The summed E-state index contributed by atoms with van der Waals surface area (Å²) in [5.41, 5.74) is 2.28. The van der Waals surface area contributed by atoms with Crippen molar-refractivity contribution in [2.75, 3.05) is 0 Å². The molecule has 2 rings (SSSR count). The molecule has 0 aliphatic heterocycles. The molecule has 0 saturated heterocycles. The summed E-state index contributed by atoms with van der Waals surface area (Å²) < 4.78 is 0. The molecule has 0 radical (unpaired) electrons. The van der Waals surface area contributed by atoms with Crippen molar-refractivity contribution in [1.29, 1.82) is 5.26 Å². The Labute approximate surface area is 85.0 Å². The van der Waals surface area contributed by atoms with Gasteiger partial charge in [-0.2, -0.15) is 5.26 Å². The molecule has 0 amide bonds. The zero-order chi connectivity index (χ0) is 10.8. The molecule has 1 aromatic carbocycles. The van der Waals surface area contributed by atoms with Crippen molar-refractivity contribution >= 4 is 17.0 Å². The average molecular weight is 201 g/mol. The van der Waals surface area contributed by atoms with E-state index in [2.05, 4.69) is 9.97 Å². The number of carboxylic acids is 1. The molecular weight excluding hydrogens is 194 g/mol. The minimum absolute atomic E-state index is 0.128. The van der Waals surface area contributed by atoms with Gasteiger partial charge in [-0.15, -0.1) is 0 Å². The highest BCUT2D eigenvalue weighted by Gasteiger charge is 2.09. The predicted octanol–water partition coefficient (Wildman–Crippen LogP) is 1.06. The van der Waals surface area contributed by atoms with Crippen LogP contribution in [0.2, 0.25) is 0 Å². The van der Waals surface area contributed by atoms with Gasteiger partial charge in [0.15, 0.2) is 0 Å². The first-order valence-electron chi connectivity index (χ1n) is 4.28. The van der Waals surface area contributed by atoms with E-state index < -0.39 is 5.97 Å². The molecule has 0 saturated carbocycles. The van der Waals surface area contributed by atoms with Crippen molar-refractivity contribution in [3.63, 3.8) is 0 Å². The van der Waals surface area contributed by atoms with Crippen molar-refractivity contribution in [2.24, 2.45) is 0 Å². The van der Waals surface area contributed by atoms with Crippen LogP contribution in [0.3, 0.4) is 0 Å². The normalized spacial score (nSPS) is 10.1. The highest BCUT2D eigenvalue weighted by Crippen LogP contribution is 2.18. The molecule has 74 valence electrons. The smallest absolute Gasteiger partial charge is 0.307 e. The lowest BCUT2D eigenvalue weighted by Crippen LogP contribution is -2.01. The fraction of sp³-hybridized carbons (Fsp3) is 0.100. The van der Waals surface area contributed by atoms with Gasteiger partial charge in [0.1, 0.15) is 0 Å². The molecule has 0 bridgehead atoms. The van der Waals surface area contributed by atoms with Gasteiger partial charge < -0.3 is 10.1 Å². The lowest BCUT2D eigenvalue weighted by molar-refractivity contribution is -0.136. The Balaban J connectivity index is 2.64. The summed E-state index contributed by atoms with van der Waals surface area (Å²) in [5, 5.41) is 17.5. The van der Waals surface area contributed by atoms with Crippen LogP contribution in [0.15, 0.2) is 18.5 Å². The first kappa shape index (κ1) is 9.21. The number of fused-ring (bicyclic) bond motifs is 1. The standard InChI is InChI=1S/C10H7N3O2/c11-4-6-1-7(3-9(14)15)10-8(2-6)12-5-13-10/h1-2,5H,3H2,(H,12,13)(H,14,15). The number of nitrogens with one attached hydrogen (secondary N) is 1. The van der Waals surface area contributed by atoms with Gasteiger partial charge in [0.25, 0.3) is 0 Å². The van der Waals surface area contributed by atoms with Gasteiger partial charge in [-0.3, -0.25) is 4.79 Å². The number of aliphatic carboxylic acids is 1. The van der Waals surface area contributed by atoms with Crippen molar-refractivity contribution in [1.82, 2.24) is 9.97 Å². The summed E-state index contributed by atoms with van der Waals surface area (Å²) in [6, 6.07) is 5.18. The van der Waals surface area contributed by atoms with E-state index in [4.69, 9.17) is 10.4 Å². The number of H-pyrrole nitrogens is 1. The van der Waals surface area contributed by atoms with E-state index in [-0.39, 0.29) is 6.42 Å². The van der Waals surface area contributed by atoms with E-state index in [0.717, 1.165) is 0 Å². The predicted molar refractivity (Wildman–Crippen MR) is 52.1 cm³/mol. The zero-order valence-electron chi connectivity index (χ0n) is 7.69. The number of aromatic nitrogens is 2. The van der Waals surface area contributed by atoms with Crippen LogP contribution in [-0.2, 0) is 11.2 Å². The van der Waals surface area contributed by atoms with Crippen LogP contribution < -0.4 is 0 Å². The molecule has 0 unspecified atom stereocenters. The maximum atomic E-state index is 10.6. The fourth-order valence-corrected chi connectivity index (χ4v) is 1.49. The van der Waals surface area contributed by atoms with E-state index in [1.54, 1.807) is 12.1 Å². The third kappa shape index (κ3) is 1.65. The molecule has 2 aromatic rings. The second-order valence-electron chi connectivity index (χ2n) is 3.12. The van der Waals surface area contributed by atoms with Gasteiger partial charge >= 0.3 is 5.97 Å². The van der Waals surface area contributed by atoms with Crippen molar-refractivity contribution in [3.8, 4) is 6.07 Å². The summed E-state index contributed by atoms with van der Waals surface area (Å²) in [4.78, 5) is 17.5. The van der Waals surface area contributed by atoms with Crippen molar-refractivity contribution < 1.29 is 9.90 Å². The Bertz CT molecular complexity index is 566. The second kappa shape index (κ2) is 3.42. The molecule has 0 spiro atoms. The van der Waals surface area contributed by atoms with Crippen molar-refractivity contribution in [2.45, 2.75) is 6.42 Å². The highest BCUT2D eigenvalue weighted by atomic mass is 16.4. The number of nitriles is 1. The first-order chi connectivity index (χ1) is 7.20. The quantitative estimate of drug-likeness (QED) is 0.760. The maximum Gasteiger partial charge on any atom is 0.307 e. The number of aromatic amines is 1. The van der Waals surface area contributed by atoms with Gasteiger partial charge in [-0.25, -0.2) is 4.98 Å². The lowest BCUT2D eigenvalue weighted by Gasteiger charge is -1.99. The van der Waals surface area contributed by atoms with Crippen molar-refractivity contribution in [3.05, 3.63) is 29.6 Å².